The normalized spacial score (nSPS) is 18.0. The third-order valence-electron chi connectivity index (χ3n) is 5.72. The van der Waals surface area contributed by atoms with E-state index in [0.717, 1.165) is 68.5 Å². The van der Waals surface area contributed by atoms with Gasteiger partial charge in [0.25, 0.3) is 5.91 Å². The van der Waals surface area contributed by atoms with Gasteiger partial charge in [0.15, 0.2) is 0 Å². The molecule has 0 saturated carbocycles. The maximum atomic E-state index is 12.8. The lowest BCUT2D eigenvalue weighted by atomic mass is 10.1. The average Bonchev–Trinajstić information content (AvgIpc) is 2.95. The number of aromatic nitrogens is 3. The highest BCUT2D eigenvalue weighted by atomic mass is 16.5. The van der Waals surface area contributed by atoms with Crippen molar-refractivity contribution in [3.05, 3.63) is 47.0 Å². The molecule has 0 spiro atoms. The van der Waals surface area contributed by atoms with Gasteiger partial charge in [-0.25, -0.2) is 0 Å². The molecule has 0 bridgehead atoms. The van der Waals surface area contributed by atoms with Crippen LogP contribution in [0.5, 0.6) is 0 Å². The van der Waals surface area contributed by atoms with Crippen molar-refractivity contribution in [3.8, 4) is 0 Å². The van der Waals surface area contributed by atoms with E-state index in [1.165, 1.54) is 19.3 Å². The number of aryl methyl sites for hydroxylation is 1. The summed E-state index contributed by atoms with van der Waals surface area (Å²) in [7, 11) is 1.68. The topological polar surface area (TPSA) is 63.5 Å². The molecule has 1 fully saturated rings. The van der Waals surface area contributed by atoms with Crippen LogP contribution in [0.4, 0.5) is 0 Å². The summed E-state index contributed by atoms with van der Waals surface area (Å²) in [6.07, 6.45) is 4.74. The molecule has 1 aromatic heterocycles. The molecule has 150 valence electrons. The van der Waals surface area contributed by atoms with Gasteiger partial charge < -0.3 is 14.2 Å². The molecule has 1 aromatic carbocycles. The van der Waals surface area contributed by atoms with Gasteiger partial charge in [0, 0.05) is 51.8 Å². The molecule has 4 rings (SSSR count). The third-order valence-corrected chi connectivity index (χ3v) is 5.72. The Morgan fingerprint density at radius 3 is 2.54 bits per heavy atom. The van der Waals surface area contributed by atoms with E-state index in [1.54, 1.807) is 7.11 Å². The molecule has 0 radical (unpaired) electrons. The maximum Gasteiger partial charge on any atom is 0.253 e. The number of carbonyl (C=O) groups excluding carboxylic acids is 1. The number of rotatable bonds is 5. The van der Waals surface area contributed by atoms with Crippen molar-refractivity contribution in [1.29, 1.82) is 0 Å². The monoisotopic (exact) mass is 383 g/mol. The number of methoxy groups -OCH3 is 1. The lowest BCUT2D eigenvalue weighted by molar-refractivity contribution is 0.0623. The summed E-state index contributed by atoms with van der Waals surface area (Å²) in [4.78, 5) is 17.1. The first kappa shape index (κ1) is 19.1. The minimum atomic E-state index is 0.111. The second-order valence-corrected chi connectivity index (χ2v) is 7.69. The van der Waals surface area contributed by atoms with Gasteiger partial charge in [-0.15, -0.1) is 10.2 Å². The molecule has 7 heteroatoms. The van der Waals surface area contributed by atoms with Gasteiger partial charge in [0.2, 0.25) is 0 Å². The van der Waals surface area contributed by atoms with Crippen LogP contribution >= 0.6 is 0 Å². The zero-order chi connectivity index (χ0) is 19.3. The second-order valence-electron chi connectivity index (χ2n) is 7.69. The zero-order valence-corrected chi connectivity index (χ0v) is 16.6. The second kappa shape index (κ2) is 8.84. The van der Waals surface area contributed by atoms with Crippen LogP contribution in [-0.4, -0.2) is 63.8 Å². The standard InChI is InChI=1S/C21H29N5O2/c1-28-16-17-6-8-18(9-7-17)21(27)25-13-11-24(12-14-25)15-20-23-22-19-5-3-2-4-10-26(19)20/h6-9H,2-5,10-16H2,1H3. The third kappa shape index (κ3) is 4.25. The molecule has 0 aliphatic carbocycles. The van der Waals surface area contributed by atoms with Crippen LogP contribution in [0, 0.1) is 0 Å². The van der Waals surface area contributed by atoms with E-state index >= 15 is 0 Å². The quantitative estimate of drug-likeness (QED) is 0.791. The first-order valence-electron chi connectivity index (χ1n) is 10.2. The predicted molar refractivity (Wildman–Crippen MR) is 106 cm³/mol. The minimum Gasteiger partial charge on any atom is -0.380 e. The Balaban J connectivity index is 1.32. The summed E-state index contributed by atoms with van der Waals surface area (Å²) >= 11 is 0. The van der Waals surface area contributed by atoms with Crippen molar-refractivity contribution in [2.75, 3.05) is 33.3 Å². The molecular weight excluding hydrogens is 354 g/mol. The Labute approximate surface area is 166 Å². The number of fused-ring (bicyclic) bond motifs is 1. The summed E-state index contributed by atoms with van der Waals surface area (Å²) in [5.41, 5.74) is 1.83. The van der Waals surface area contributed by atoms with Crippen LogP contribution in [0.15, 0.2) is 24.3 Å². The van der Waals surface area contributed by atoms with Crippen LogP contribution in [0.2, 0.25) is 0 Å². The van der Waals surface area contributed by atoms with Gasteiger partial charge in [-0.05, 0) is 30.5 Å². The lowest BCUT2D eigenvalue weighted by Crippen LogP contribution is -2.48. The largest absolute Gasteiger partial charge is 0.380 e. The summed E-state index contributed by atoms with van der Waals surface area (Å²) in [6.45, 7) is 5.67. The molecule has 0 atom stereocenters. The number of hydrogen-bond donors (Lipinski definition) is 0. The number of nitrogens with zero attached hydrogens (tertiary/aromatic N) is 5. The minimum absolute atomic E-state index is 0.111. The Kier molecular flexibility index (Phi) is 6.02. The molecular formula is C21H29N5O2. The van der Waals surface area contributed by atoms with Crippen molar-refractivity contribution < 1.29 is 9.53 Å². The first-order chi connectivity index (χ1) is 13.7. The Morgan fingerprint density at radius 2 is 1.79 bits per heavy atom. The van der Waals surface area contributed by atoms with Gasteiger partial charge in [-0.1, -0.05) is 18.6 Å². The van der Waals surface area contributed by atoms with Crippen molar-refractivity contribution >= 4 is 5.91 Å². The maximum absolute atomic E-state index is 12.8. The molecule has 2 aliphatic heterocycles. The molecule has 1 amide bonds. The van der Waals surface area contributed by atoms with E-state index in [-0.39, 0.29) is 5.91 Å². The molecule has 28 heavy (non-hydrogen) atoms. The van der Waals surface area contributed by atoms with Gasteiger partial charge in [0.1, 0.15) is 11.6 Å². The molecule has 7 nitrogen and oxygen atoms in total. The number of amides is 1. The van der Waals surface area contributed by atoms with Crippen molar-refractivity contribution in [1.82, 2.24) is 24.6 Å². The molecule has 2 aliphatic rings. The summed E-state index contributed by atoms with van der Waals surface area (Å²) in [5.74, 6) is 2.32. The Hall–Kier alpha value is -2.25. The zero-order valence-electron chi connectivity index (χ0n) is 16.6. The van der Waals surface area contributed by atoms with Crippen LogP contribution in [-0.2, 0) is 30.9 Å². The average molecular weight is 383 g/mol. The first-order valence-corrected chi connectivity index (χ1v) is 10.2. The van der Waals surface area contributed by atoms with Crippen LogP contribution in [0.25, 0.3) is 0 Å². The van der Waals surface area contributed by atoms with E-state index in [4.69, 9.17) is 4.74 Å². The summed E-state index contributed by atoms with van der Waals surface area (Å²) < 4.78 is 7.44. The van der Waals surface area contributed by atoms with Gasteiger partial charge in [-0.3, -0.25) is 9.69 Å². The fourth-order valence-corrected chi connectivity index (χ4v) is 4.06. The molecule has 0 N–H and O–H groups in total. The lowest BCUT2D eigenvalue weighted by Gasteiger charge is -2.34. The highest BCUT2D eigenvalue weighted by molar-refractivity contribution is 5.94. The van der Waals surface area contributed by atoms with Crippen molar-refractivity contribution in [2.24, 2.45) is 0 Å². The summed E-state index contributed by atoms with van der Waals surface area (Å²) in [5, 5.41) is 8.84. The SMILES string of the molecule is COCc1ccc(C(=O)N2CCN(Cc3nnc4n3CCCCC4)CC2)cc1. The highest BCUT2D eigenvalue weighted by Gasteiger charge is 2.24. The van der Waals surface area contributed by atoms with E-state index in [0.29, 0.717) is 6.61 Å². The molecule has 3 heterocycles. The Morgan fingerprint density at radius 1 is 1.00 bits per heavy atom. The molecule has 2 aromatic rings. The number of ether oxygens (including phenoxy) is 1. The number of benzene rings is 1. The molecule has 1 saturated heterocycles. The van der Waals surface area contributed by atoms with Gasteiger partial charge in [-0.2, -0.15) is 0 Å². The fourth-order valence-electron chi connectivity index (χ4n) is 4.06. The van der Waals surface area contributed by atoms with E-state index in [9.17, 15) is 4.79 Å². The van der Waals surface area contributed by atoms with Crippen LogP contribution in [0.3, 0.4) is 0 Å². The van der Waals surface area contributed by atoms with E-state index in [2.05, 4.69) is 19.7 Å². The van der Waals surface area contributed by atoms with Crippen molar-refractivity contribution in [2.45, 2.75) is 45.4 Å². The van der Waals surface area contributed by atoms with Crippen LogP contribution in [0.1, 0.15) is 46.8 Å². The Bertz CT molecular complexity index is 794. The predicted octanol–water partition coefficient (Wildman–Crippen LogP) is 2.11. The van der Waals surface area contributed by atoms with Crippen LogP contribution < -0.4 is 0 Å². The van der Waals surface area contributed by atoms with E-state index < -0.39 is 0 Å². The molecule has 0 unspecified atom stereocenters. The fraction of sp³-hybridized carbons (Fsp3) is 0.571. The van der Waals surface area contributed by atoms with Gasteiger partial charge in [0.05, 0.1) is 13.2 Å². The van der Waals surface area contributed by atoms with Crippen molar-refractivity contribution in [3.63, 3.8) is 0 Å². The number of piperazine rings is 1. The number of hydrogen-bond acceptors (Lipinski definition) is 5. The van der Waals surface area contributed by atoms with Gasteiger partial charge >= 0.3 is 0 Å². The number of carbonyl (C=O) groups is 1. The van der Waals surface area contributed by atoms with E-state index in [1.807, 2.05) is 29.2 Å². The highest BCUT2D eigenvalue weighted by Crippen LogP contribution is 2.17. The smallest absolute Gasteiger partial charge is 0.253 e. The summed E-state index contributed by atoms with van der Waals surface area (Å²) in [6, 6.07) is 7.72.